The summed E-state index contributed by atoms with van der Waals surface area (Å²) in [6.07, 6.45) is 4.37. The number of nitrogens with zero attached hydrogens (tertiary/aromatic N) is 2. The first kappa shape index (κ1) is 21.0. The predicted octanol–water partition coefficient (Wildman–Crippen LogP) is 2.64. The molecule has 0 aliphatic carbocycles. The molecule has 3 rings (SSSR count). The number of hydrogen-bond acceptors (Lipinski definition) is 5. The number of fused-ring (bicyclic) bond motifs is 1. The van der Waals surface area contributed by atoms with Crippen molar-refractivity contribution in [2.24, 2.45) is 5.92 Å². The maximum atomic E-state index is 12.8. The van der Waals surface area contributed by atoms with E-state index >= 15 is 0 Å². The van der Waals surface area contributed by atoms with Gasteiger partial charge in [0.25, 0.3) is 17.7 Å². The summed E-state index contributed by atoms with van der Waals surface area (Å²) in [7, 11) is 0. The van der Waals surface area contributed by atoms with E-state index in [1.54, 1.807) is 29.2 Å². The van der Waals surface area contributed by atoms with Crippen molar-refractivity contribution in [1.29, 1.82) is 0 Å². The standard InChI is InChI=1S/C22H28N2O5/c1-15(2)13-18(24-20(26)16-9-5-6-10-17(16)21(24)27)22(28)29-14-19(25)23-11-7-3-4-8-12-23/h5-6,9-10,15,18H,3-4,7-8,11-14H2,1-2H3/t18-/m1/s1. The van der Waals surface area contributed by atoms with Gasteiger partial charge in [-0.25, -0.2) is 4.79 Å². The second-order valence-electron chi connectivity index (χ2n) is 8.07. The number of likely N-dealkylation sites (tertiary alicyclic amines) is 1. The van der Waals surface area contributed by atoms with Gasteiger partial charge in [-0.05, 0) is 37.3 Å². The molecule has 2 heterocycles. The van der Waals surface area contributed by atoms with Crippen LogP contribution in [0.25, 0.3) is 0 Å². The fourth-order valence-corrected chi connectivity index (χ4v) is 3.88. The summed E-state index contributed by atoms with van der Waals surface area (Å²) >= 11 is 0. The van der Waals surface area contributed by atoms with Crippen molar-refractivity contribution in [1.82, 2.24) is 9.80 Å². The summed E-state index contributed by atoms with van der Waals surface area (Å²) < 4.78 is 5.29. The van der Waals surface area contributed by atoms with Gasteiger partial charge in [-0.1, -0.05) is 38.8 Å². The molecule has 1 aromatic rings. The number of carbonyl (C=O) groups excluding carboxylic acids is 4. The van der Waals surface area contributed by atoms with Crippen LogP contribution in [-0.2, 0) is 14.3 Å². The Bertz CT molecular complexity index is 761. The lowest BCUT2D eigenvalue weighted by molar-refractivity contribution is -0.155. The molecule has 0 aromatic heterocycles. The molecule has 2 aliphatic rings. The van der Waals surface area contributed by atoms with Crippen molar-refractivity contribution in [3.8, 4) is 0 Å². The minimum absolute atomic E-state index is 0.0539. The molecule has 1 atom stereocenters. The molecular weight excluding hydrogens is 372 g/mol. The summed E-state index contributed by atoms with van der Waals surface area (Å²) in [5.74, 6) is -1.88. The first-order chi connectivity index (χ1) is 13.9. The van der Waals surface area contributed by atoms with E-state index in [0.29, 0.717) is 24.2 Å². The third-order valence-corrected chi connectivity index (χ3v) is 5.40. The Morgan fingerprint density at radius 3 is 2.03 bits per heavy atom. The minimum atomic E-state index is -1.04. The molecule has 0 saturated carbocycles. The zero-order chi connectivity index (χ0) is 21.0. The van der Waals surface area contributed by atoms with Gasteiger partial charge in [0, 0.05) is 13.1 Å². The lowest BCUT2D eigenvalue weighted by Crippen LogP contribution is -2.47. The molecule has 3 amide bonds. The predicted molar refractivity (Wildman–Crippen MR) is 106 cm³/mol. The number of imide groups is 1. The lowest BCUT2D eigenvalue weighted by Gasteiger charge is -2.26. The third kappa shape index (κ3) is 4.66. The fourth-order valence-electron chi connectivity index (χ4n) is 3.88. The Balaban J connectivity index is 1.70. The van der Waals surface area contributed by atoms with E-state index < -0.39 is 23.8 Å². The van der Waals surface area contributed by atoms with Crippen molar-refractivity contribution in [3.05, 3.63) is 35.4 Å². The SMILES string of the molecule is CC(C)C[C@H](C(=O)OCC(=O)N1CCCCCC1)N1C(=O)c2ccccc2C1=O. The normalized spacial score (nSPS) is 17.9. The van der Waals surface area contributed by atoms with Gasteiger partial charge in [0.1, 0.15) is 6.04 Å². The first-order valence-corrected chi connectivity index (χ1v) is 10.3. The minimum Gasteiger partial charge on any atom is -0.454 e. The zero-order valence-electron chi connectivity index (χ0n) is 17.1. The average Bonchev–Trinajstić information content (AvgIpc) is 2.89. The molecule has 0 radical (unpaired) electrons. The summed E-state index contributed by atoms with van der Waals surface area (Å²) in [6.45, 7) is 4.78. The topological polar surface area (TPSA) is 84.0 Å². The van der Waals surface area contributed by atoms with Crippen LogP contribution in [0.5, 0.6) is 0 Å². The Labute approximate surface area is 171 Å². The number of hydrogen-bond donors (Lipinski definition) is 0. The molecule has 1 saturated heterocycles. The number of rotatable bonds is 6. The molecule has 29 heavy (non-hydrogen) atoms. The number of benzene rings is 1. The monoisotopic (exact) mass is 400 g/mol. The highest BCUT2D eigenvalue weighted by atomic mass is 16.5. The maximum absolute atomic E-state index is 12.8. The fraction of sp³-hybridized carbons (Fsp3) is 0.545. The summed E-state index contributed by atoms with van der Waals surface area (Å²) in [4.78, 5) is 53.5. The maximum Gasteiger partial charge on any atom is 0.329 e. The molecule has 156 valence electrons. The molecule has 7 nitrogen and oxygen atoms in total. The Morgan fingerprint density at radius 1 is 0.966 bits per heavy atom. The quantitative estimate of drug-likeness (QED) is 0.541. The van der Waals surface area contributed by atoms with Gasteiger partial charge in [-0.2, -0.15) is 0 Å². The van der Waals surface area contributed by atoms with Crippen LogP contribution in [0.15, 0.2) is 24.3 Å². The first-order valence-electron chi connectivity index (χ1n) is 10.3. The summed E-state index contributed by atoms with van der Waals surface area (Å²) in [5.41, 5.74) is 0.583. The van der Waals surface area contributed by atoms with Crippen LogP contribution in [0, 0.1) is 5.92 Å². The van der Waals surface area contributed by atoms with Gasteiger partial charge in [0.15, 0.2) is 6.61 Å². The molecule has 1 aromatic carbocycles. The highest BCUT2D eigenvalue weighted by molar-refractivity contribution is 6.22. The Hall–Kier alpha value is -2.70. The van der Waals surface area contributed by atoms with Crippen LogP contribution in [0.2, 0.25) is 0 Å². The highest BCUT2D eigenvalue weighted by Gasteiger charge is 2.43. The second kappa shape index (κ2) is 9.20. The van der Waals surface area contributed by atoms with Crippen molar-refractivity contribution < 1.29 is 23.9 Å². The molecule has 0 bridgehead atoms. The van der Waals surface area contributed by atoms with Crippen LogP contribution >= 0.6 is 0 Å². The van der Waals surface area contributed by atoms with Crippen LogP contribution in [0.1, 0.15) is 66.7 Å². The van der Waals surface area contributed by atoms with Crippen molar-refractivity contribution in [2.75, 3.05) is 19.7 Å². The number of esters is 1. The van der Waals surface area contributed by atoms with Gasteiger partial charge in [0.05, 0.1) is 11.1 Å². The van der Waals surface area contributed by atoms with E-state index in [0.717, 1.165) is 30.6 Å². The van der Waals surface area contributed by atoms with Gasteiger partial charge in [-0.3, -0.25) is 19.3 Å². The van der Waals surface area contributed by atoms with Crippen LogP contribution < -0.4 is 0 Å². The smallest absolute Gasteiger partial charge is 0.329 e. The van der Waals surface area contributed by atoms with E-state index in [9.17, 15) is 19.2 Å². The molecule has 0 spiro atoms. The van der Waals surface area contributed by atoms with Gasteiger partial charge in [-0.15, -0.1) is 0 Å². The summed E-state index contributed by atoms with van der Waals surface area (Å²) in [6, 6.07) is 5.48. The van der Waals surface area contributed by atoms with E-state index in [2.05, 4.69) is 0 Å². The van der Waals surface area contributed by atoms with Crippen molar-refractivity contribution in [3.63, 3.8) is 0 Å². The number of ether oxygens (including phenoxy) is 1. The summed E-state index contributed by atoms with van der Waals surface area (Å²) in [5, 5.41) is 0. The lowest BCUT2D eigenvalue weighted by atomic mass is 10.0. The Morgan fingerprint density at radius 2 is 1.52 bits per heavy atom. The van der Waals surface area contributed by atoms with E-state index in [1.807, 2.05) is 13.8 Å². The van der Waals surface area contributed by atoms with E-state index in [1.165, 1.54) is 0 Å². The van der Waals surface area contributed by atoms with Gasteiger partial charge < -0.3 is 9.64 Å². The highest BCUT2D eigenvalue weighted by Crippen LogP contribution is 2.27. The number of carbonyl (C=O) groups is 4. The van der Waals surface area contributed by atoms with E-state index in [4.69, 9.17) is 4.74 Å². The van der Waals surface area contributed by atoms with Crippen LogP contribution in [0.3, 0.4) is 0 Å². The van der Waals surface area contributed by atoms with Gasteiger partial charge in [0.2, 0.25) is 0 Å². The second-order valence-corrected chi connectivity index (χ2v) is 8.07. The largest absolute Gasteiger partial charge is 0.454 e. The molecular formula is C22H28N2O5. The molecule has 0 N–H and O–H groups in total. The van der Waals surface area contributed by atoms with Crippen LogP contribution in [0.4, 0.5) is 0 Å². The van der Waals surface area contributed by atoms with Gasteiger partial charge >= 0.3 is 5.97 Å². The number of amides is 3. The zero-order valence-corrected chi connectivity index (χ0v) is 17.1. The van der Waals surface area contributed by atoms with Crippen LogP contribution in [-0.4, -0.2) is 59.2 Å². The molecule has 7 heteroatoms. The molecule has 1 fully saturated rings. The van der Waals surface area contributed by atoms with Crippen molar-refractivity contribution >= 4 is 23.7 Å². The average molecular weight is 400 g/mol. The Kier molecular flexibility index (Phi) is 6.67. The third-order valence-electron chi connectivity index (χ3n) is 5.40. The molecule has 2 aliphatic heterocycles. The molecule has 0 unspecified atom stereocenters. The van der Waals surface area contributed by atoms with Crippen molar-refractivity contribution in [2.45, 2.75) is 52.0 Å². The van der Waals surface area contributed by atoms with E-state index in [-0.39, 0.29) is 24.9 Å².